The van der Waals surface area contributed by atoms with Gasteiger partial charge in [-0.15, -0.1) is 0 Å². The summed E-state index contributed by atoms with van der Waals surface area (Å²) in [5.41, 5.74) is 2.86. The third-order valence-electron chi connectivity index (χ3n) is 6.41. The Hall–Kier alpha value is -4.25. The van der Waals surface area contributed by atoms with E-state index >= 15 is 0 Å². The fourth-order valence-corrected chi connectivity index (χ4v) is 4.28. The largest absolute Gasteiger partial charge is 0.432 e. The molecule has 0 saturated carbocycles. The minimum Gasteiger partial charge on any atom is -0.429 e. The molecular formula is C30H22F8N2O. The number of halogens is 8. The van der Waals surface area contributed by atoms with Gasteiger partial charge in [0.05, 0.1) is 5.56 Å². The van der Waals surface area contributed by atoms with E-state index in [2.05, 4.69) is 4.74 Å². The summed E-state index contributed by atoms with van der Waals surface area (Å²) in [6, 6.07) is 9.68. The highest BCUT2D eigenvalue weighted by molar-refractivity contribution is 5.67. The molecule has 4 aromatic carbocycles. The SMILES string of the molecule is N=CC(CN)CCc1ccc(-c2cc(F)c(C(F)(F)Oc3cc(F)c(-c4ccc(F)cc4)c(F)c3)c(F)c2)c(F)c1. The molecule has 0 fully saturated rings. The Morgan fingerprint density at radius 1 is 0.756 bits per heavy atom. The zero-order valence-corrected chi connectivity index (χ0v) is 21.1. The van der Waals surface area contributed by atoms with Crippen LogP contribution in [0.5, 0.6) is 5.75 Å². The lowest BCUT2D eigenvalue weighted by atomic mass is 9.97. The maximum absolute atomic E-state index is 14.9. The molecule has 4 aromatic rings. The zero-order valence-electron chi connectivity index (χ0n) is 21.1. The molecule has 0 amide bonds. The van der Waals surface area contributed by atoms with Crippen molar-refractivity contribution >= 4 is 6.21 Å². The van der Waals surface area contributed by atoms with E-state index in [4.69, 9.17) is 11.1 Å². The third-order valence-corrected chi connectivity index (χ3v) is 6.41. The smallest absolute Gasteiger partial charge is 0.429 e. The molecule has 0 heterocycles. The predicted octanol–water partition coefficient (Wildman–Crippen LogP) is 8.14. The fraction of sp³-hybridized carbons (Fsp3) is 0.167. The molecule has 4 rings (SSSR count). The Balaban J connectivity index is 1.59. The number of ether oxygens (including phenoxy) is 1. The molecule has 11 heteroatoms. The maximum Gasteiger partial charge on any atom is 0.432 e. The van der Waals surface area contributed by atoms with Crippen LogP contribution in [0.2, 0.25) is 0 Å². The average molecular weight is 579 g/mol. The van der Waals surface area contributed by atoms with E-state index in [0.717, 1.165) is 30.3 Å². The summed E-state index contributed by atoms with van der Waals surface area (Å²) >= 11 is 0. The van der Waals surface area contributed by atoms with Crippen molar-refractivity contribution in [2.45, 2.75) is 19.0 Å². The molecule has 0 aliphatic rings. The summed E-state index contributed by atoms with van der Waals surface area (Å²) < 4.78 is 121. The molecular weight excluding hydrogens is 556 g/mol. The van der Waals surface area contributed by atoms with Crippen LogP contribution in [0.25, 0.3) is 22.3 Å². The van der Waals surface area contributed by atoms with Gasteiger partial charge in [0.25, 0.3) is 0 Å². The van der Waals surface area contributed by atoms with E-state index in [0.29, 0.717) is 42.7 Å². The Labute approximate surface area is 229 Å². The standard InChI is InChI=1S/C30H22F8N2O/c31-20-6-4-18(5-7-20)28-24(33)12-21(13-25(28)34)41-30(37,38)29-26(35)10-19(11-27(29)36)22-8-3-16(9-23(22)32)1-2-17(14-39)15-40/h3-14,17,39H,1-2,15,40H2. The third kappa shape index (κ3) is 6.57. The quantitative estimate of drug-likeness (QED) is 0.147. The van der Waals surface area contributed by atoms with Gasteiger partial charge in [-0.05, 0) is 66.1 Å². The minimum absolute atomic E-state index is 0.0845. The highest BCUT2D eigenvalue weighted by Crippen LogP contribution is 2.39. The second kappa shape index (κ2) is 12.1. The van der Waals surface area contributed by atoms with Crippen LogP contribution in [0.3, 0.4) is 0 Å². The monoisotopic (exact) mass is 578 g/mol. The number of hydrogen-bond donors (Lipinski definition) is 2. The van der Waals surface area contributed by atoms with Gasteiger partial charge in [0.15, 0.2) is 0 Å². The molecule has 3 N–H and O–H groups in total. The van der Waals surface area contributed by atoms with Crippen LogP contribution in [0, 0.1) is 46.2 Å². The van der Waals surface area contributed by atoms with Gasteiger partial charge in [-0.2, -0.15) is 8.78 Å². The van der Waals surface area contributed by atoms with Crippen LogP contribution < -0.4 is 10.5 Å². The first kappa shape index (κ1) is 29.7. The first-order valence-electron chi connectivity index (χ1n) is 12.2. The topological polar surface area (TPSA) is 59.1 Å². The lowest BCUT2D eigenvalue weighted by Gasteiger charge is -2.20. The zero-order chi connectivity index (χ0) is 29.9. The van der Waals surface area contributed by atoms with E-state index in [1.54, 1.807) is 0 Å². The Morgan fingerprint density at radius 2 is 1.37 bits per heavy atom. The summed E-state index contributed by atoms with van der Waals surface area (Å²) in [4.78, 5) is 0. The van der Waals surface area contributed by atoms with Crippen molar-refractivity contribution in [2.75, 3.05) is 6.54 Å². The highest BCUT2D eigenvalue weighted by Gasteiger charge is 2.41. The number of alkyl halides is 2. The van der Waals surface area contributed by atoms with Crippen LogP contribution in [0.15, 0.2) is 66.7 Å². The van der Waals surface area contributed by atoms with E-state index in [-0.39, 0.29) is 29.2 Å². The lowest BCUT2D eigenvalue weighted by Crippen LogP contribution is -2.25. The molecule has 0 aliphatic carbocycles. The van der Waals surface area contributed by atoms with Gasteiger partial charge >= 0.3 is 6.11 Å². The fourth-order valence-electron chi connectivity index (χ4n) is 4.28. The van der Waals surface area contributed by atoms with Gasteiger partial charge in [0.1, 0.15) is 46.2 Å². The number of nitrogens with two attached hydrogens (primary N) is 1. The second-order valence-corrected chi connectivity index (χ2v) is 9.22. The molecule has 0 bridgehead atoms. The number of aryl methyl sites for hydroxylation is 1. The van der Waals surface area contributed by atoms with Crippen molar-refractivity contribution in [1.29, 1.82) is 5.41 Å². The molecule has 0 saturated heterocycles. The van der Waals surface area contributed by atoms with Crippen molar-refractivity contribution in [3.8, 4) is 28.0 Å². The number of nitrogens with one attached hydrogen (secondary N) is 1. The predicted molar refractivity (Wildman–Crippen MR) is 138 cm³/mol. The first-order chi connectivity index (χ1) is 19.4. The van der Waals surface area contributed by atoms with Crippen molar-refractivity contribution in [3.05, 3.63) is 113 Å². The van der Waals surface area contributed by atoms with Crippen LogP contribution >= 0.6 is 0 Å². The Morgan fingerprint density at radius 3 is 1.90 bits per heavy atom. The van der Waals surface area contributed by atoms with Crippen LogP contribution in [0.1, 0.15) is 17.5 Å². The van der Waals surface area contributed by atoms with Gasteiger partial charge < -0.3 is 15.9 Å². The van der Waals surface area contributed by atoms with Crippen LogP contribution in [0.4, 0.5) is 35.1 Å². The lowest BCUT2D eigenvalue weighted by molar-refractivity contribution is -0.189. The van der Waals surface area contributed by atoms with Crippen LogP contribution in [-0.4, -0.2) is 12.8 Å². The molecule has 0 aromatic heterocycles. The molecule has 0 aliphatic heterocycles. The Bertz CT molecular complexity index is 1530. The molecule has 1 unspecified atom stereocenters. The number of benzene rings is 4. The molecule has 0 spiro atoms. The molecule has 214 valence electrons. The van der Waals surface area contributed by atoms with E-state index in [9.17, 15) is 35.1 Å². The summed E-state index contributed by atoms with van der Waals surface area (Å²) in [5, 5.41) is 7.29. The van der Waals surface area contributed by atoms with E-state index in [1.807, 2.05) is 0 Å². The summed E-state index contributed by atoms with van der Waals surface area (Å²) in [6.07, 6.45) is -2.67. The number of hydrogen-bond acceptors (Lipinski definition) is 3. The van der Waals surface area contributed by atoms with E-state index in [1.165, 1.54) is 18.3 Å². The van der Waals surface area contributed by atoms with E-state index < -0.39 is 57.9 Å². The van der Waals surface area contributed by atoms with Crippen LogP contribution in [-0.2, 0) is 12.5 Å². The molecule has 41 heavy (non-hydrogen) atoms. The first-order valence-corrected chi connectivity index (χ1v) is 12.2. The molecule has 3 nitrogen and oxygen atoms in total. The minimum atomic E-state index is -4.72. The highest BCUT2D eigenvalue weighted by atomic mass is 19.3. The summed E-state index contributed by atoms with van der Waals surface area (Å²) in [5.74, 6) is -9.03. The normalized spacial score (nSPS) is 12.3. The van der Waals surface area contributed by atoms with Gasteiger partial charge in [-0.1, -0.05) is 24.3 Å². The van der Waals surface area contributed by atoms with Crippen molar-refractivity contribution in [1.82, 2.24) is 0 Å². The van der Waals surface area contributed by atoms with Gasteiger partial charge in [-0.25, -0.2) is 26.3 Å². The Kier molecular flexibility index (Phi) is 8.77. The van der Waals surface area contributed by atoms with Gasteiger partial charge in [0, 0.05) is 30.2 Å². The van der Waals surface area contributed by atoms with Gasteiger partial charge in [0.2, 0.25) is 0 Å². The van der Waals surface area contributed by atoms with Crippen molar-refractivity contribution in [2.24, 2.45) is 11.7 Å². The second-order valence-electron chi connectivity index (χ2n) is 9.22. The summed E-state index contributed by atoms with van der Waals surface area (Å²) in [7, 11) is 0. The van der Waals surface area contributed by atoms with Gasteiger partial charge in [-0.3, -0.25) is 0 Å². The van der Waals surface area contributed by atoms with Crippen molar-refractivity contribution in [3.63, 3.8) is 0 Å². The van der Waals surface area contributed by atoms with Crippen molar-refractivity contribution < 1.29 is 39.9 Å². The maximum atomic E-state index is 14.9. The molecule has 1 atom stereocenters. The molecule has 0 radical (unpaired) electrons. The summed E-state index contributed by atoms with van der Waals surface area (Å²) in [6.45, 7) is 0.245. The number of rotatable bonds is 10. The average Bonchev–Trinajstić information content (AvgIpc) is 2.89.